The Bertz CT molecular complexity index is 794. The van der Waals surface area contributed by atoms with Gasteiger partial charge in [-0.25, -0.2) is 0 Å². The molecule has 2 aliphatic rings. The number of carbonyl (C=O) groups excluding carboxylic acids is 2. The molecule has 0 radical (unpaired) electrons. The van der Waals surface area contributed by atoms with Gasteiger partial charge in [-0.15, -0.1) is 0 Å². The maximum absolute atomic E-state index is 13.7. The van der Waals surface area contributed by atoms with Crippen LogP contribution in [0.5, 0.6) is 0 Å². The largest absolute Gasteiger partial charge is 0.460 e. The average Bonchev–Trinajstić information content (AvgIpc) is 2.72. The molecule has 2 heterocycles. The van der Waals surface area contributed by atoms with Gasteiger partial charge in [0.1, 0.15) is 5.60 Å². The van der Waals surface area contributed by atoms with Crippen LogP contribution in [0.2, 0.25) is 0 Å². The van der Waals surface area contributed by atoms with E-state index in [9.17, 15) is 9.59 Å². The lowest BCUT2D eigenvalue weighted by atomic mass is 9.83. The van der Waals surface area contributed by atoms with Crippen LogP contribution in [0.3, 0.4) is 0 Å². The SMILES string of the molecule is CC(C)c1cccc(C2CC=CCN2C(=O)C2CCNCC2C(=O)OC(C)(C)C)c1. The van der Waals surface area contributed by atoms with E-state index >= 15 is 0 Å². The first-order chi connectivity index (χ1) is 14.2. The van der Waals surface area contributed by atoms with Crippen LogP contribution in [-0.2, 0) is 14.3 Å². The fourth-order valence-electron chi connectivity index (χ4n) is 4.34. The average molecular weight is 413 g/mol. The molecule has 1 aromatic carbocycles. The molecule has 0 saturated carbocycles. The molecule has 1 N–H and O–H groups in total. The lowest BCUT2D eigenvalue weighted by molar-refractivity contribution is -0.166. The first-order valence-electron chi connectivity index (χ1n) is 11.2. The highest BCUT2D eigenvalue weighted by atomic mass is 16.6. The van der Waals surface area contributed by atoms with Gasteiger partial charge in [0.2, 0.25) is 5.91 Å². The van der Waals surface area contributed by atoms with E-state index in [1.807, 2.05) is 25.7 Å². The Morgan fingerprint density at radius 2 is 1.93 bits per heavy atom. The molecule has 2 aliphatic heterocycles. The van der Waals surface area contributed by atoms with Crippen LogP contribution in [0.15, 0.2) is 36.4 Å². The summed E-state index contributed by atoms with van der Waals surface area (Å²) in [5, 5.41) is 3.27. The number of amides is 1. The molecular weight excluding hydrogens is 376 g/mol. The summed E-state index contributed by atoms with van der Waals surface area (Å²) in [6.45, 7) is 11.8. The van der Waals surface area contributed by atoms with Gasteiger partial charge in [0, 0.05) is 13.1 Å². The fourth-order valence-corrected chi connectivity index (χ4v) is 4.34. The Labute approximate surface area is 180 Å². The Morgan fingerprint density at radius 3 is 2.63 bits per heavy atom. The first kappa shape index (κ1) is 22.5. The van der Waals surface area contributed by atoms with Gasteiger partial charge in [-0.05, 0) is 57.2 Å². The molecule has 5 heteroatoms. The lowest BCUT2D eigenvalue weighted by Gasteiger charge is -2.39. The van der Waals surface area contributed by atoms with Gasteiger partial charge in [-0.3, -0.25) is 9.59 Å². The van der Waals surface area contributed by atoms with Crippen molar-refractivity contribution in [1.29, 1.82) is 0 Å². The van der Waals surface area contributed by atoms with Crippen LogP contribution in [-0.4, -0.2) is 42.0 Å². The van der Waals surface area contributed by atoms with E-state index in [1.165, 1.54) is 11.1 Å². The molecule has 1 aromatic rings. The summed E-state index contributed by atoms with van der Waals surface area (Å²) in [4.78, 5) is 28.5. The second-order valence-electron chi connectivity index (χ2n) is 9.78. The number of carbonyl (C=O) groups is 2. The number of esters is 1. The highest BCUT2D eigenvalue weighted by Crippen LogP contribution is 2.34. The van der Waals surface area contributed by atoms with Crippen LogP contribution in [0, 0.1) is 11.8 Å². The maximum Gasteiger partial charge on any atom is 0.311 e. The van der Waals surface area contributed by atoms with E-state index in [4.69, 9.17) is 4.74 Å². The highest BCUT2D eigenvalue weighted by molar-refractivity contribution is 5.86. The molecule has 1 saturated heterocycles. The highest BCUT2D eigenvalue weighted by Gasteiger charge is 2.41. The van der Waals surface area contributed by atoms with Crippen LogP contribution in [0.4, 0.5) is 0 Å². The second kappa shape index (κ2) is 9.34. The number of ether oxygens (including phenoxy) is 1. The second-order valence-corrected chi connectivity index (χ2v) is 9.78. The van der Waals surface area contributed by atoms with Crippen molar-refractivity contribution in [2.24, 2.45) is 11.8 Å². The number of nitrogens with zero attached hydrogens (tertiary/aromatic N) is 1. The van der Waals surface area contributed by atoms with Gasteiger partial charge >= 0.3 is 5.97 Å². The van der Waals surface area contributed by atoms with Crippen molar-refractivity contribution < 1.29 is 14.3 Å². The zero-order valence-electron chi connectivity index (χ0n) is 19.0. The van der Waals surface area contributed by atoms with Gasteiger partial charge in [0.05, 0.1) is 17.9 Å². The summed E-state index contributed by atoms with van der Waals surface area (Å²) in [7, 11) is 0. The van der Waals surface area contributed by atoms with E-state index < -0.39 is 11.5 Å². The Morgan fingerprint density at radius 1 is 1.17 bits per heavy atom. The van der Waals surface area contributed by atoms with Gasteiger partial charge < -0.3 is 15.0 Å². The minimum absolute atomic E-state index is 0.00960. The van der Waals surface area contributed by atoms with Crippen molar-refractivity contribution in [3.8, 4) is 0 Å². The predicted octanol–water partition coefficient (Wildman–Crippen LogP) is 4.21. The van der Waals surface area contributed by atoms with Gasteiger partial charge in [-0.1, -0.05) is 50.3 Å². The van der Waals surface area contributed by atoms with E-state index in [0.29, 0.717) is 25.4 Å². The maximum atomic E-state index is 13.7. The Kier molecular flexibility index (Phi) is 7.02. The zero-order chi connectivity index (χ0) is 21.9. The minimum atomic E-state index is -0.560. The molecular formula is C25H36N2O3. The summed E-state index contributed by atoms with van der Waals surface area (Å²) < 4.78 is 5.63. The third kappa shape index (κ3) is 5.31. The van der Waals surface area contributed by atoms with Crippen LogP contribution < -0.4 is 5.32 Å². The third-order valence-corrected chi connectivity index (χ3v) is 5.96. The molecule has 3 atom stereocenters. The predicted molar refractivity (Wildman–Crippen MR) is 119 cm³/mol. The van der Waals surface area contributed by atoms with E-state index in [2.05, 4.69) is 55.6 Å². The van der Waals surface area contributed by atoms with Crippen molar-refractivity contribution in [3.05, 3.63) is 47.5 Å². The van der Waals surface area contributed by atoms with Crippen molar-refractivity contribution in [1.82, 2.24) is 10.2 Å². The number of hydrogen-bond donors (Lipinski definition) is 1. The number of rotatable bonds is 4. The number of benzene rings is 1. The van der Waals surface area contributed by atoms with E-state index in [1.54, 1.807) is 0 Å². The molecule has 0 aliphatic carbocycles. The van der Waals surface area contributed by atoms with E-state index in [0.717, 1.165) is 13.0 Å². The molecule has 164 valence electrons. The van der Waals surface area contributed by atoms with Gasteiger partial charge in [0.25, 0.3) is 0 Å². The van der Waals surface area contributed by atoms with Crippen molar-refractivity contribution in [2.75, 3.05) is 19.6 Å². The van der Waals surface area contributed by atoms with Crippen molar-refractivity contribution in [2.45, 2.75) is 65.0 Å². The molecule has 1 fully saturated rings. The molecule has 3 unspecified atom stereocenters. The summed E-state index contributed by atoms with van der Waals surface area (Å²) in [5.74, 6) is -0.563. The minimum Gasteiger partial charge on any atom is -0.460 e. The third-order valence-electron chi connectivity index (χ3n) is 5.96. The molecule has 5 nitrogen and oxygen atoms in total. The number of piperidine rings is 1. The van der Waals surface area contributed by atoms with Crippen LogP contribution >= 0.6 is 0 Å². The molecule has 30 heavy (non-hydrogen) atoms. The normalized spacial score (nSPS) is 24.7. The van der Waals surface area contributed by atoms with Gasteiger partial charge in [-0.2, -0.15) is 0 Å². The summed E-state index contributed by atoms with van der Waals surface area (Å²) in [5.41, 5.74) is 1.89. The molecule has 1 amide bonds. The Hall–Kier alpha value is -2.14. The van der Waals surface area contributed by atoms with Gasteiger partial charge in [0.15, 0.2) is 0 Å². The molecule has 0 aromatic heterocycles. The lowest BCUT2D eigenvalue weighted by Crippen LogP contribution is -2.51. The van der Waals surface area contributed by atoms with Crippen LogP contribution in [0.25, 0.3) is 0 Å². The monoisotopic (exact) mass is 412 g/mol. The molecule has 0 bridgehead atoms. The van der Waals surface area contributed by atoms with Crippen molar-refractivity contribution in [3.63, 3.8) is 0 Å². The van der Waals surface area contributed by atoms with Crippen LogP contribution in [0.1, 0.15) is 70.5 Å². The number of hydrogen-bond acceptors (Lipinski definition) is 4. The Balaban J connectivity index is 1.84. The summed E-state index contributed by atoms with van der Waals surface area (Å²) in [6.07, 6.45) is 5.67. The smallest absolute Gasteiger partial charge is 0.311 e. The quantitative estimate of drug-likeness (QED) is 0.595. The summed E-state index contributed by atoms with van der Waals surface area (Å²) in [6, 6.07) is 8.58. The zero-order valence-corrected chi connectivity index (χ0v) is 19.0. The number of nitrogens with one attached hydrogen (secondary N) is 1. The molecule has 3 rings (SSSR count). The van der Waals surface area contributed by atoms with E-state index in [-0.39, 0.29) is 23.8 Å². The fraction of sp³-hybridized carbons (Fsp3) is 0.600. The topological polar surface area (TPSA) is 58.6 Å². The molecule has 0 spiro atoms. The summed E-state index contributed by atoms with van der Waals surface area (Å²) >= 11 is 0. The standard InChI is InChI=1S/C25H36N2O3/c1-17(2)18-9-8-10-19(15-18)22-11-6-7-14-27(22)23(28)20-12-13-26-16-21(20)24(29)30-25(3,4)5/h6-10,15,17,20-22,26H,11-14,16H2,1-5H3. The first-order valence-corrected chi connectivity index (χ1v) is 11.2. The van der Waals surface area contributed by atoms with Crippen molar-refractivity contribution >= 4 is 11.9 Å².